The van der Waals surface area contributed by atoms with Crippen LogP contribution >= 0.6 is 0 Å². The van der Waals surface area contributed by atoms with E-state index in [1.54, 1.807) is 0 Å². The largest absolute Gasteiger partial charge is 0.385 e. The highest BCUT2D eigenvalue weighted by Crippen LogP contribution is 2.35. The highest BCUT2D eigenvalue weighted by atomic mass is 16.2. The van der Waals surface area contributed by atoms with Crippen molar-refractivity contribution in [2.75, 3.05) is 24.5 Å². The maximum Gasteiger partial charge on any atom is 0.346 e. The molecule has 20 heavy (non-hydrogen) atoms. The van der Waals surface area contributed by atoms with E-state index in [0.717, 1.165) is 25.9 Å². The topological polar surface area (TPSA) is 61.9 Å². The van der Waals surface area contributed by atoms with Gasteiger partial charge in [0.05, 0.1) is 0 Å². The van der Waals surface area contributed by atoms with Crippen LogP contribution in [0.15, 0.2) is 35.3 Å². The number of urea groups is 1. The molecule has 2 aliphatic heterocycles. The van der Waals surface area contributed by atoms with Crippen LogP contribution < -0.4 is 10.6 Å². The summed E-state index contributed by atoms with van der Waals surface area (Å²) >= 11 is 0. The Morgan fingerprint density at radius 1 is 1.25 bits per heavy atom. The molecule has 2 N–H and O–H groups in total. The van der Waals surface area contributed by atoms with Crippen molar-refractivity contribution < 1.29 is 4.79 Å². The van der Waals surface area contributed by atoms with Gasteiger partial charge in [-0.05, 0) is 31.9 Å². The Balaban J connectivity index is 1.78. The van der Waals surface area contributed by atoms with E-state index in [1.165, 1.54) is 5.69 Å². The average Bonchev–Trinajstić information content (AvgIpc) is 2.71. The lowest BCUT2D eigenvalue weighted by Gasteiger charge is -2.44. The first-order valence-corrected chi connectivity index (χ1v) is 7.13. The molecule has 0 bridgehead atoms. The van der Waals surface area contributed by atoms with Crippen LogP contribution in [0.1, 0.15) is 19.8 Å². The third kappa shape index (κ3) is 1.85. The van der Waals surface area contributed by atoms with E-state index < -0.39 is 0 Å². The normalized spacial score (nSPS) is 21.4. The third-order valence-electron chi connectivity index (χ3n) is 4.47. The van der Waals surface area contributed by atoms with Gasteiger partial charge >= 0.3 is 6.03 Å². The summed E-state index contributed by atoms with van der Waals surface area (Å²) in [6.07, 6.45) is 1.69. The molecule has 1 aromatic carbocycles. The number of likely N-dealkylation sites (N-methyl/N-ethyl adjacent to an activating group) is 1. The van der Waals surface area contributed by atoms with Crippen LogP contribution in [-0.4, -0.2) is 41.9 Å². The zero-order valence-electron chi connectivity index (χ0n) is 11.7. The van der Waals surface area contributed by atoms with Crippen molar-refractivity contribution in [1.29, 1.82) is 0 Å². The average molecular weight is 272 g/mol. The molecule has 2 aliphatic rings. The zero-order chi connectivity index (χ0) is 14.2. The number of rotatable bonds is 2. The van der Waals surface area contributed by atoms with Crippen molar-refractivity contribution in [3.05, 3.63) is 30.3 Å². The van der Waals surface area contributed by atoms with E-state index in [0.29, 0.717) is 12.4 Å². The SMILES string of the molecule is CCN1C(=O)N=C(N)C12CCN(c1ccccc1)CC2. The molecule has 0 aromatic heterocycles. The fourth-order valence-electron chi connectivity index (χ4n) is 3.33. The maximum atomic E-state index is 11.9. The van der Waals surface area contributed by atoms with Crippen molar-refractivity contribution in [2.24, 2.45) is 10.7 Å². The van der Waals surface area contributed by atoms with Gasteiger partial charge in [0, 0.05) is 25.3 Å². The van der Waals surface area contributed by atoms with E-state index >= 15 is 0 Å². The summed E-state index contributed by atoms with van der Waals surface area (Å²) in [6.45, 7) is 4.43. The van der Waals surface area contributed by atoms with Crippen LogP contribution in [0.25, 0.3) is 0 Å². The fraction of sp³-hybridized carbons (Fsp3) is 0.467. The lowest BCUT2D eigenvalue weighted by molar-refractivity contribution is 0.158. The number of aliphatic imine (C=N–C) groups is 1. The number of hydrogen-bond acceptors (Lipinski definition) is 3. The summed E-state index contributed by atoms with van der Waals surface area (Å²) in [5, 5.41) is 0. The van der Waals surface area contributed by atoms with Gasteiger partial charge in [-0.25, -0.2) is 4.79 Å². The molecule has 106 valence electrons. The van der Waals surface area contributed by atoms with Crippen molar-refractivity contribution in [3.8, 4) is 0 Å². The predicted molar refractivity (Wildman–Crippen MR) is 80.0 cm³/mol. The first kappa shape index (κ1) is 13.0. The van der Waals surface area contributed by atoms with Crippen molar-refractivity contribution in [1.82, 2.24) is 4.90 Å². The number of amides is 2. The molecule has 2 amide bonds. The minimum absolute atomic E-state index is 0.182. The smallest absolute Gasteiger partial charge is 0.346 e. The summed E-state index contributed by atoms with van der Waals surface area (Å²) in [6, 6.07) is 10.2. The number of nitrogens with zero attached hydrogens (tertiary/aromatic N) is 3. The van der Waals surface area contributed by atoms with Crippen molar-refractivity contribution >= 4 is 17.6 Å². The van der Waals surface area contributed by atoms with Gasteiger partial charge in [0.15, 0.2) is 0 Å². The number of carbonyl (C=O) groups is 1. The Hall–Kier alpha value is -2.04. The van der Waals surface area contributed by atoms with Gasteiger partial charge in [0.2, 0.25) is 0 Å². The quantitative estimate of drug-likeness (QED) is 0.893. The van der Waals surface area contributed by atoms with Crippen LogP contribution in [0.2, 0.25) is 0 Å². The van der Waals surface area contributed by atoms with Gasteiger partial charge in [0.1, 0.15) is 11.4 Å². The molecule has 5 nitrogen and oxygen atoms in total. The van der Waals surface area contributed by atoms with Gasteiger partial charge < -0.3 is 15.5 Å². The first-order valence-electron chi connectivity index (χ1n) is 7.13. The maximum absolute atomic E-state index is 11.9. The third-order valence-corrected chi connectivity index (χ3v) is 4.47. The molecule has 0 atom stereocenters. The second-order valence-electron chi connectivity index (χ2n) is 5.38. The number of amidine groups is 1. The molecule has 1 saturated heterocycles. The second-order valence-corrected chi connectivity index (χ2v) is 5.38. The number of carbonyl (C=O) groups excluding carboxylic acids is 1. The van der Waals surface area contributed by atoms with Crippen LogP contribution in [0.4, 0.5) is 10.5 Å². The summed E-state index contributed by atoms with van der Waals surface area (Å²) in [5.74, 6) is 0.497. The summed E-state index contributed by atoms with van der Waals surface area (Å²) < 4.78 is 0. The summed E-state index contributed by atoms with van der Waals surface area (Å²) in [5.41, 5.74) is 6.93. The Bertz CT molecular complexity index is 532. The van der Waals surface area contributed by atoms with Crippen LogP contribution in [-0.2, 0) is 0 Å². The minimum Gasteiger partial charge on any atom is -0.385 e. The molecule has 3 rings (SSSR count). The van der Waals surface area contributed by atoms with E-state index in [2.05, 4.69) is 22.0 Å². The van der Waals surface area contributed by atoms with E-state index in [9.17, 15) is 4.79 Å². The van der Waals surface area contributed by atoms with Gasteiger partial charge in [-0.1, -0.05) is 18.2 Å². The Morgan fingerprint density at radius 3 is 2.50 bits per heavy atom. The minimum atomic E-state index is -0.350. The first-order chi connectivity index (χ1) is 9.67. The molecule has 1 fully saturated rings. The predicted octanol–water partition coefficient (Wildman–Crippen LogP) is 1.84. The van der Waals surface area contributed by atoms with Crippen LogP contribution in [0, 0.1) is 0 Å². The Morgan fingerprint density at radius 2 is 1.90 bits per heavy atom. The Labute approximate surface area is 119 Å². The van der Waals surface area contributed by atoms with Gasteiger partial charge in [-0.2, -0.15) is 4.99 Å². The molecule has 5 heteroatoms. The zero-order valence-corrected chi connectivity index (χ0v) is 11.7. The highest BCUT2D eigenvalue weighted by Gasteiger charge is 2.49. The summed E-state index contributed by atoms with van der Waals surface area (Å²) in [7, 11) is 0. The summed E-state index contributed by atoms with van der Waals surface area (Å²) in [4.78, 5) is 20.0. The van der Waals surface area contributed by atoms with Crippen LogP contribution in [0.3, 0.4) is 0 Å². The molecule has 0 radical (unpaired) electrons. The van der Waals surface area contributed by atoms with E-state index in [-0.39, 0.29) is 11.6 Å². The van der Waals surface area contributed by atoms with Gasteiger partial charge in [-0.15, -0.1) is 0 Å². The molecular formula is C15H20N4O. The molecule has 0 aliphatic carbocycles. The number of benzene rings is 1. The molecular weight excluding hydrogens is 252 g/mol. The molecule has 1 aromatic rings. The van der Waals surface area contributed by atoms with Gasteiger partial charge in [0.25, 0.3) is 0 Å². The monoisotopic (exact) mass is 272 g/mol. The van der Waals surface area contributed by atoms with Crippen molar-refractivity contribution in [2.45, 2.75) is 25.3 Å². The molecule has 0 saturated carbocycles. The number of anilines is 1. The number of para-hydroxylation sites is 1. The van der Waals surface area contributed by atoms with Crippen LogP contribution in [0.5, 0.6) is 0 Å². The van der Waals surface area contributed by atoms with Gasteiger partial charge in [-0.3, -0.25) is 0 Å². The van der Waals surface area contributed by atoms with E-state index in [1.807, 2.05) is 30.0 Å². The Kier molecular flexibility index (Phi) is 3.12. The molecule has 2 heterocycles. The number of nitrogens with two attached hydrogens (primary N) is 1. The second kappa shape index (κ2) is 4.81. The number of piperidine rings is 1. The lowest BCUT2D eigenvalue weighted by Crippen LogP contribution is -2.59. The van der Waals surface area contributed by atoms with Crippen molar-refractivity contribution in [3.63, 3.8) is 0 Å². The number of hydrogen-bond donors (Lipinski definition) is 1. The van der Waals surface area contributed by atoms with E-state index in [4.69, 9.17) is 5.73 Å². The fourth-order valence-corrected chi connectivity index (χ4v) is 3.33. The highest BCUT2D eigenvalue weighted by molar-refractivity contribution is 6.06. The molecule has 0 unspecified atom stereocenters. The molecule has 1 spiro atoms. The standard InChI is InChI=1S/C15H20N4O/c1-2-19-14(20)17-13(16)15(19)8-10-18(11-9-15)12-6-4-3-5-7-12/h3-7H,2,8-11H2,1H3,(H2,16,17,20). The lowest BCUT2D eigenvalue weighted by atomic mass is 9.85.